The predicted molar refractivity (Wildman–Crippen MR) is 70.5 cm³/mol. The Bertz CT molecular complexity index is 345. The molecule has 0 aromatic carbocycles. The highest BCUT2D eigenvalue weighted by atomic mass is 32.1. The minimum atomic E-state index is -0.235. The van der Waals surface area contributed by atoms with Gasteiger partial charge in [-0.2, -0.15) is 4.37 Å². The zero-order chi connectivity index (χ0) is 12.1. The molecule has 1 aromatic rings. The first-order valence-corrected chi connectivity index (χ1v) is 7.21. The second kappa shape index (κ2) is 5.78. The van der Waals surface area contributed by atoms with Gasteiger partial charge in [0.1, 0.15) is 5.60 Å². The quantitative estimate of drug-likeness (QED) is 0.839. The molecule has 1 aliphatic carbocycles. The van der Waals surface area contributed by atoms with Gasteiger partial charge in [0.15, 0.2) is 5.82 Å². The van der Waals surface area contributed by atoms with Crippen molar-refractivity contribution in [3.8, 4) is 0 Å². The molecule has 0 radical (unpaired) electrons. The number of ether oxygens (including phenoxy) is 1. The number of nitrogens with one attached hydrogen (secondary N) is 1. The standard InChI is InChI=1S/C12H21N3OS/c1-3-13-11-14-10(15-17-11)12(16-2)8-6-4-5-7-9-12/h3-9H2,1-2H3,(H,13,14,15). The maximum absolute atomic E-state index is 5.79. The molecule has 1 heterocycles. The van der Waals surface area contributed by atoms with E-state index in [0.717, 1.165) is 30.3 Å². The van der Waals surface area contributed by atoms with E-state index >= 15 is 0 Å². The highest BCUT2D eigenvalue weighted by molar-refractivity contribution is 7.09. The fraction of sp³-hybridized carbons (Fsp3) is 0.833. The number of rotatable bonds is 4. The van der Waals surface area contributed by atoms with Crippen LogP contribution < -0.4 is 5.32 Å². The van der Waals surface area contributed by atoms with E-state index in [1.54, 1.807) is 7.11 Å². The zero-order valence-electron chi connectivity index (χ0n) is 10.7. The van der Waals surface area contributed by atoms with E-state index in [2.05, 4.69) is 21.6 Å². The first-order valence-electron chi connectivity index (χ1n) is 6.44. The summed E-state index contributed by atoms with van der Waals surface area (Å²) in [6, 6.07) is 0. The van der Waals surface area contributed by atoms with Gasteiger partial charge in [-0.15, -0.1) is 0 Å². The third-order valence-corrected chi connectivity index (χ3v) is 4.14. The van der Waals surface area contributed by atoms with Crippen LogP contribution in [0.15, 0.2) is 0 Å². The van der Waals surface area contributed by atoms with Gasteiger partial charge in [0.05, 0.1) is 0 Å². The maximum Gasteiger partial charge on any atom is 0.202 e. The fourth-order valence-electron chi connectivity index (χ4n) is 2.45. The van der Waals surface area contributed by atoms with Crippen molar-refractivity contribution in [2.75, 3.05) is 19.0 Å². The molecule has 0 bridgehead atoms. The normalized spacial score (nSPS) is 19.9. The monoisotopic (exact) mass is 255 g/mol. The molecule has 96 valence electrons. The summed E-state index contributed by atoms with van der Waals surface area (Å²) >= 11 is 1.44. The van der Waals surface area contributed by atoms with Gasteiger partial charge in [0.25, 0.3) is 0 Å². The van der Waals surface area contributed by atoms with Crippen molar-refractivity contribution >= 4 is 16.7 Å². The average Bonchev–Trinajstić information content (AvgIpc) is 2.68. The molecule has 17 heavy (non-hydrogen) atoms. The van der Waals surface area contributed by atoms with E-state index in [4.69, 9.17) is 4.74 Å². The summed E-state index contributed by atoms with van der Waals surface area (Å²) in [6.45, 7) is 2.95. The van der Waals surface area contributed by atoms with E-state index < -0.39 is 0 Å². The van der Waals surface area contributed by atoms with Crippen LogP contribution >= 0.6 is 11.5 Å². The lowest BCUT2D eigenvalue weighted by molar-refractivity contribution is -0.0341. The molecule has 1 aliphatic rings. The van der Waals surface area contributed by atoms with Gasteiger partial charge in [0.2, 0.25) is 5.13 Å². The Hall–Kier alpha value is -0.680. The number of hydrogen-bond donors (Lipinski definition) is 1. The minimum Gasteiger partial charge on any atom is -0.370 e. The van der Waals surface area contributed by atoms with Crippen molar-refractivity contribution in [3.05, 3.63) is 5.82 Å². The van der Waals surface area contributed by atoms with Gasteiger partial charge < -0.3 is 10.1 Å². The van der Waals surface area contributed by atoms with Crippen LogP contribution in [0, 0.1) is 0 Å². The topological polar surface area (TPSA) is 47.0 Å². The van der Waals surface area contributed by atoms with Crippen molar-refractivity contribution < 1.29 is 4.74 Å². The Morgan fingerprint density at radius 1 is 1.29 bits per heavy atom. The lowest BCUT2D eigenvalue weighted by Gasteiger charge is -2.28. The SMILES string of the molecule is CCNc1nc(C2(OC)CCCCCC2)ns1. The van der Waals surface area contributed by atoms with Gasteiger partial charge in [-0.05, 0) is 19.8 Å². The van der Waals surface area contributed by atoms with Gasteiger partial charge in [-0.1, -0.05) is 25.7 Å². The van der Waals surface area contributed by atoms with E-state index in [1.165, 1.54) is 37.2 Å². The summed E-state index contributed by atoms with van der Waals surface area (Å²) in [7, 11) is 1.79. The van der Waals surface area contributed by atoms with Crippen LogP contribution in [0.1, 0.15) is 51.3 Å². The Morgan fingerprint density at radius 2 is 2.00 bits per heavy atom. The second-order valence-electron chi connectivity index (χ2n) is 4.57. The summed E-state index contributed by atoms with van der Waals surface area (Å²) in [5.74, 6) is 0.878. The van der Waals surface area contributed by atoms with E-state index in [1.807, 2.05) is 0 Å². The minimum absolute atomic E-state index is 0.235. The second-order valence-corrected chi connectivity index (χ2v) is 5.32. The number of aromatic nitrogens is 2. The van der Waals surface area contributed by atoms with E-state index in [0.29, 0.717) is 0 Å². The smallest absolute Gasteiger partial charge is 0.202 e. The summed E-state index contributed by atoms with van der Waals surface area (Å²) in [5, 5.41) is 4.12. The molecule has 0 atom stereocenters. The Balaban J connectivity index is 2.19. The van der Waals surface area contributed by atoms with Crippen molar-refractivity contribution in [1.29, 1.82) is 0 Å². The highest BCUT2D eigenvalue weighted by Gasteiger charge is 2.36. The maximum atomic E-state index is 5.79. The number of hydrogen-bond acceptors (Lipinski definition) is 5. The molecule has 4 nitrogen and oxygen atoms in total. The Labute approximate surface area is 107 Å². The van der Waals surface area contributed by atoms with Crippen molar-refractivity contribution in [2.45, 2.75) is 51.0 Å². The lowest BCUT2D eigenvalue weighted by atomic mass is 9.93. The van der Waals surface area contributed by atoms with Crippen LogP contribution in [0.5, 0.6) is 0 Å². The number of nitrogens with zero attached hydrogens (tertiary/aromatic N) is 2. The van der Waals surface area contributed by atoms with Gasteiger partial charge in [-0.3, -0.25) is 0 Å². The van der Waals surface area contributed by atoms with E-state index in [9.17, 15) is 0 Å². The summed E-state index contributed by atoms with van der Waals surface area (Å²) in [6.07, 6.45) is 7.12. The summed E-state index contributed by atoms with van der Waals surface area (Å²) < 4.78 is 10.3. The van der Waals surface area contributed by atoms with Crippen molar-refractivity contribution in [3.63, 3.8) is 0 Å². The van der Waals surface area contributed by atoms with Crippen LogP contribution in [-0.4, -0.2) is 23.0 Å². The number of methoxy groups -OCH3 is 1. The van der Waals surface area contributed by atoms with Gasteiger partial charge in [-0.25, -0.2) is 4.98 Å². The van der Waals surface area contributed by atoms with Crippen LogP contribution in [0.25, 0.3) is 0 Å². The molecule has 5 heteroatoms. The molecule has 1 saturated carbocycles. The van der Waals surface area contributed by atoms with Crippen LogP contribution in [-0.2, 0) is 10.3 Å². The molecule has 1 aromatic heterocycles. The Morgan fingerprint density at radius 3 is 2.59 bits per heavy atom. The Kier molecular flexibility index (Phi) is 4.34. The molecule has 0 aliphatic heterocycles. The number of anilines is 1. The molecule has 1 fully saturated rings. The summed E-state index contributed by atoms with van der Waals surface area (Å²) in [4.78, 5) is 4.58. The molecule has 1 N–H and O–H groups in total. The molecule has 0 saturated heterocycles. The van der Waals surface area contributed by atoms with Crippen LogP contribution in [0.3, 0.4) is 0 Å². The average molecular weight is 255 g/mol. The van der Waals surface area contributed by atoms with Crippen LogP contribution in [0.4, 0.5) is 5.13 Å². The highest BCUT2D eigenvalue weighted by Crippen LogP contribution is 2.38. The fourth-order valence-corrected chi connectivity index (χ4v) is 3.17. The largest absolute Gasteiger partial charge is 0.370 e. The molecular weight excluding hydrogens is 234 g/mol. The zero-order valence-corrected chi connectivity index (χ0v) is 11.5. The molecule has 2 rings (SSSR count). The van der Waals surface area contributed by atoms with Crippen molar-refractivity contribution in [1.82, 2.24) is 9.36 Å². The molecular formula is C12H21N3OS. The summed E-state index contributed by atoms with van der Waals surface area (Å²) in [5.41, 5.74) is -0.235. The van der Waals surface area contributed by atoms with Crippen LogP contribution in [0.2, 0.25) is 0 Å². The third kappa shape index (κ3) is 2.77. The van der Waals surface area contributed by atoms with Crippen molar-refractivity contribution in [2.24, 2.45) is 0 Å². The predicted octanol–water partition coefficient (Wildman–Crippen LogP) is 3.17. The first-order chi connectivity index (χ1) is 8.30. The van der Waals surface area contributed by atoms with Gasteiger partial charge in [0, 0.05) is 25.2 Å². The molecule has 0 amide bonds. The third-order valence-electron chi connectivity index (χ3n) is 3.46. The molecule has 0 spiro atoms. The first kappa shape index (κ1) is 12.8. The van der Waals surface area contributed by atoms with Gasteiger partial charge >= 0.3 is 0 Å². The van der Waals surface area contributed by atoms with E-state index in [-0.39, 0.29) is 5.60 Å². The molecule has 0 unspecified atom stereocenters. The lowest BCUT2D eigenvalue weighted by Crippen LogP contribution is -2.29.